The molecule has 0 bridgehead atoms. The fourth-order valence-corrected chi connectivity index (χ4v) is 0.0478. The Morgan fingerprint density at radius 1 is 2.00 bits per heavy atom. The van der Waals surface area contributed by atoms with Gasteiger partial charge in [0.2, 0.25) is 0 Å². The summed E-state index contributed by atoms with van der Waals surface area (Å²) in [6, 6.07) is 0. The molecular formula is C2H2N2O2. The molecule has 0 aromatic carbocycles. The number of hydrogen-bond donors (Lipinski definition) is 2. The summed E-state index contributed by atoms with van der Waals surface area (Å²) in [4.78, 5) is 11.6. The van der Waals surface area contributed by atoms with E-state index in [1.54, 1.807) is 0 Å². The fraction of sp³-hybridized carbons (Fsp3) is 0. The van der Waals surface area contributed by atoms with Crippen LogP contribution in [0.3, 0.4) is 0 Å². The van der Waals surface area contributed by atoms with Gasteiger partial charge in [-0.2, -0.15) is 11.5 Å². The van der Waals surface area contributed by atoms with Crippen molar-refractivity contribution in [2.24, 2.45) is 0 Å². The highest BCUT2D eigenvalue weighted by Gasteiger charge is 1.88. The average molecular weight is 86.0 g/mol. The van der Waals surface area contributed by atoms with Crippen LogP contribution in [0.25, 0.3) is 4.95 Å². The van der Waals surface area contributed by atoms with Gasteiger partial charge in [0.1, 0.15) is 0 Å². The molecule has 0 aliphatic carbocycles. The van der Waals surface area contributed by atoms with Gasteiger partial charge in [0.25, 0.3) is 0 Å². The van der Waals surface area contributed by atoms with Gasteiger partial charge in [0, 0.05) is 0 Å². The van der Waals surface area contributed by atoms with E-state index in [-0.39, 0.29) is 0 Å². The third kappa shape index (κ3) is 2.76. The molecule has 0 radical (unpaired) electrons. The SMILES string of the molecule is [C-]#[N+]NC(=O)O. The van der Waals surface area contributed by atoms with Crippen molar-refractivity contribution in [3.8, 4) is 0 Å². The van der Waals surface area contributed by atoms with E-state index in [9.17, 15) is 4.79 Å². The maximum absolute atomic E-state index is 9.27. The van der Waals surface area contributed by atoms with E-state index in [1.807, 2.05) is 0 Å². The van der Waals surface area contributed by atoms with Crippen LogP contribution in [0.5, 0.6) is 0 Å². The lowest BCUT2D eigenvalue weighted by atomic mass is 11.3. The van der Waals surface area contributed by atoms with E-state index in [2.05, 4.69) is 4.95 Å². The van der Waals surface area contributed by atoms with E-state index >= 15 is 0 Å². The predicted octanol–water partition coefficient (Wildman–Crippen LogP) is 0.0883. The van der Waals surface area contributed by atoms with Crippen LogP contribution in [0.4, 0.5) is 4.79 Å². The zero-order chi connectivity index (χ0) is 4.99. The summed E-state index contributed by atoms with van der Waals surface area (Å²) in [6.45, 7) is 5.87. The van der Waals surface area contributed by atoms with Gasteiger partial charge in [0.15, 0.2) is 0 Å². The second-order valence-electron chi connectivity index (χ2n) is 0.529. The van der Waals surface area contributed by atoms with Crippen molar-refractivity contribution in [1.82, 2.24) is 5.43 Å². The monoisotopic (exact) mass is 86.0 g/mol. The molecule has 2 N–H and O–H groups in total. The molecule has 0 aromatic heterocycles. The predicted molar refractivity (Wildman–Crippen MR) is 17.8 cm³/mol. The third-order valence-corrected chi connectivity index (χ3v) is 0.152. The molecule has 6 heavy (non-hydrogen) atoms. The molecule has 1 amide bonds. The largest absolute Gasteiger partial charge is 0.469 e. The van der Waals surface area contributed by atoms with Gasteiger partial charge in [-0.25, -0.2) is 4.79 Å². The lowest BCUT2D eigenvalue weighted by Crippen LogP contribution is -2.09. The Hall–Kier alpha value is -1.24. The molecule has 0 aliphatic rings. The first-order valence-electron chi connectivity index (χ1n) is 1.12. The van der Waals surface area contributed by atoms with Crippen molar-refractivity contribution in [2.45, 2.75) is 0 Å². The zero-order valence-electron chi connectivity index (χ0n) is 2.80. The van der Waals surface area contributed by atoms with E-state index in [4.69, 9.17) is 11.7 Å². The van der Waals surface area contributed by atoms with Gasteiger partial charge in [0.05, 0.1) is 0 Å². The number of carboxylic acid groups (broad SMARTS) is 1. The summed E-state index contributed by atoms with van der Waals surface area (Å²) in [6.07, 6.45) is -1.31. The molecule has 0 atom stereocenters. The van der Waals surface area contributed by atoms with Crippen molar-refractivity contribution in [1.29, 1.82) is 0 Å². The van der Waals surface area contributed by atoms with E-state index in [1.165, 1.54) is 5.43 Å². The van der Waals surface area contributed by atoms with Crippen LogP contribution in [-0.4, -0.2) is 11.2 Å². The number of rotatable bonds is 0. The molecule has 0 unspecified atom stereocenters. The average Bonchev–Trinajstić information content (AvgIpc) is 1.35. The van der Waals surface area contributed by atoms with Crippen molar-refractivity contribution < 1.29 is 9.90 Å². The Labute approximate surface area is 34.2 Å². The first-order chi connectivity index (χ1) is 2.77. The molecule has 0 spiro atoms. The van der Waals surface area contributed by atoms with Crippen molar-refractivity contribution in [2.75, 3.05) is 0 Å². The molecule has 4 heteroatoms. The maximum atomic E-state index is 9.27. The summed E-state index contributed by atoms with van der Waals surface area (Å²) < 4.78 is 0. The Kier molecular flexibility index (Phi) is 1.61. The summed E-state index contributed by atoms with van der Waals surface area (Å²) >= 11 is 0. The number of hydrogen-bond acceptors (Lipinski definition) is 1. The second-order valence-corrected chi connectivity index (χ2v) is 0.529. The second kappa shape index (κ2) is 2.03. The van der Waals surface area contributed by atoms with Gasteiger partial charge in [-0.05, 0) is 5.43 Å². The first kappa shape index (κ1) is 4.76. The molecule has 4 nitrogen and oxygen atoms in total. The Morgan fingerprint density at radius 3 is 2.50 bits per heavy atom. The third-order valence-electron chi connectivity index (χ3n) is 0.152. The van der Waals surface area contributed by atoms with Crippen LogP contribution in [0.2, 0.25) is 0 Å². The van der Waals surface area contributed by atoms with Gasteiger partial charge in [-0.15, -0.1) is 0 Å². The minimum absolute atomic E-state index is 1.31. The molecule has 0 fully saturated rings. The van der Waals surface area contributed by atoms with Crippen LogP contribution >= 0.6 is 0 Å². The van der Waals surface area contributed by atoms with Gasteiger partial charge >= 0.3 is 6.09 Å². The normalized spacial score (nSPS) is 5.83. The van der Waals surface area contributed by atoms with Gasteiger partial charge in [-0.3, -0.25) is 0 Å². The highest BCUT2D eigenvalue weighted by atomic mass is 16.4. The van der Waals surface area contributed by atoms with Crippen LogP contribution in [0.1, 0.15) is 0 Å². The fourth-order valence-electron chi connectivity index (χ4n) is 0.0478. The molecule has 0 heterocycles. The molecule has 0 saturated carbocycles. The first-order valence-corrected chi connectivity index (χ1v) is 1.12. The smallest absolute Gasteiger partial charge is 0.461 e. The molecule has 0 aromatic rings. The van der Waals surface area contributed by atoms with Gasteiger partial charge < -0.3 is 5.11 Å². The molecule has 0 saturated heterocycles. The Morgan fingerprint density at radius 2 is 2.50 bits per heavy atom. The lowest BCUT2D eigenvalue weighted by molar-refractivity contribution is 0.198. The van der Waals surface area contributed by atoms with Crippen molar-refractivity contribution in [3.63, 3.8) is 0 Å². The highest BCUT2D eigenvalue weighted by Crippen LogP contribution is 1.54. The summed E-state index contributed by atoms with van der Waals surface area (Å²) in [5, 5.41) is 7.59. The zero-order valence-corrected chi connectivity index (χ0v) is 2.80. The van der Waals surface area contributed by atoms with Crippen LogP contribution in [-0.2, 0) is 0 Å². The van der Waals surface area contributed by atoms with Crippen molar-refractivity contribution in [3.05, 3.63) is 11.5 Å². The number of carbonyl (C=O) groups is 1. The quantitative estimate of drug-likeness (QED) is 0.324. The molecule has 32 valence electrons. The van der Waals surface area contributed by atoms with E-state index in [0.717, 1.165) is 0 Å². The topological polar surface area (TPSA) is 53.7 Å². The van der Waals surface area contributed by atoms with Gasteiger partial charge in [-0.1, -0.05) is 0 Å². The minimum Gasteiger partial charge on any atom is -0.461 e. The summed E-state index contributed by atoms with van der Waals surface area (Å²) in [5.41, 5.74) is 1.42. The summed E-state index contributed by atoms with van der Waals surface area (Å²) in [7, 11) is 0. The van der Waals surface area contributed by atoms with Crippen LogP contribution in [0.15, 0.2) is 0 Å². The molecule has 0 aliphatic heterocycles. The molecular weight excluding hydrogens is 84.0 g/mol. The van der Waals surface area contributed by atoms with Crippen LogP contribution < -0.4 is 5.43 Å². The van der Waals surface area contributed by atoms with E-state index in [0.29, 0.717) is 0 Å². The lowest BCUT2D eigenvalue weighted by Gasteiger charge is -1.71. The number of nitrogens with zero attached hydrogens (tertiary/aromatic N) is 1. The Balaban J connectivity index is 3.13. The maximum Gasteiger partial charge on any atom is 0.469 e. The Bertz CT molecular complexity index is 92.2. The minimum atomic E-state index is -1.31. The van der Waals surface area contributed by atoms with E-state index < -0.39 is 6.09 Å². The summed E-state index contributed by atoms with van der Waals surface area (Å²) in [5.74, 6) is 0. The van der Waals surface area contributed by atoms with Crippen LogP contribution in [0, 0.1) is 6.57 Å². The highest BCUT2D eigenvalue weighted by molar-refractivity contribution is 5.64. The van der Waals surface area contributed by atoms with Crippen molar-refractivity contribution >= 4 is 6.09 Å². The number of nitrogens with one attached hydrogen (secondary N) is 1. The standard InChI is InChI=1S/C2H2N2O2/c1-3-4-2(5)6/h4H,(H,5,6). The number of amides is 1. The molecule has 0 rings (SSSR count).